The summed E-state index contributed by atoms with van der Waals surface area (Å²) in [6.07, 6.45) is 1.40. The van der Waals surface area contributed by atoms with Crippen molar-refractivity contribution in [1.82, 2.24) is 9.80 Å². The molecule has 7 nitrogen and oxygen atoms in total. The molecule has 1 aromatic carbocycles. The molecule has 3 rings (SSSR count). The van der Waals surface area contributed by atoms with Crippen LogP contribution in [0.4, 0.5) is 8.78 Å². The van der Waals surface area contributed by atoms with E-state index in [4.69, 9.17) is 0 Å². The molecule has 2 aliphatic heterocycles. The molecule has 28 heavy (non-hydrogen) atoms. The molecule has 2 atom stereocenters. The molecule has 2 unspecified atom stereocenters. The molecule has 2 heterocycles. The van der Waals surface area contributed by atoms with E-state index in [0.717, 1.165) is 0 Å². The van der Waals surface area contributed by atoms with Crippen LogP contribution in [0.15, 0.2) is 24.3 Å². The van der Waals surface area contributed by atoms with Crippen molar-refractivity contribution in [2.75, 3.05) is 19.6 Å². The summed E-state index contributed by atoms with van der Waals surface area (Å²) in [4.78, 5) is 40.2. The third-order valence-electron chi connectivity index (χ3n) is 5.43. The van der Waals surface area contributed by atoms with Crippen LogP contribution in [0.3, 0.4) is 0 Å². The molecular weight excluding hydrogens is 374 g/mol. The van der Waals surface area contributed by atoms with Gasteiger partial charge in [-0.25, -0.2) is 0 Å². The van der Waals surface area contributed by atoms with Gasteiger partial charge in [-0.2, -0.15) is 8.78 Å². The second-order valence-electron chi connectivity index (χ2n) is 7.41. The number of para-hydroxylation sites is 1. The van der Waals surface area contributed by atoms with Gasteiger partial charge in [-0.05, 0) is 38.3 Å². The van der Waals surface area contributed by atoms with Crippen molar-refractivity contribution in [3.63, 3.8) is 0 Å². The number of likely N-dealkylation sites (tertiary alicyclic amines) is 2. The van der Waals surface area contributed by atoms with E-state index in [9.17, 15) is 28.3 Å². The monoisotopic (exact) mass is 396 g/mol. The highest BCUT2D eigenvalue weighted by Gasteiger charge is 2.45. The summed E-state index contributed by atoms with van der Waals surface area (Å²) < 4.78 is 29.7. The van der Waals surface area contributed by atoms with E-state index in [2.05, 4.69) is 4.74 Å². The van der Waals surface area contributed by atoms with E-state index in [-0.39, 0.29) is 23.8 Å². The van der Waals surface area contributed by atoms with E-state index < -0.39 is 29.9 Å². The molecule has 9 heteroatoms. The minimum absolute atomic E-state index is 0.0284. The van der Waals surface area contributed by atoms with E-state index in [1.807, 2.05) is 0 Å². The smallest absolute Gasteiger partial charge is 0.387 e. The van der Waals surface area contributed by atoms with Crippen molar-refractivity contribution >= 4 is 17.8 Å². The Labute approximate surface area is 160 Å². The van der Waals surface area contributed by atoms with Crippen molar-refractivity contribution in [2.45, 2.75) is 38.8 Å². The third-order valence-corrected chi connectivity index (χ3v) is 5.43. The minimum Gasteiger partial charge on any atom is -0.481 e. The van der Waals surface area contributed by atoms with Gasteiger partial charge in [-0.3, -0.25) is 14.4 Å². The van der Waals surface area contributed by atoms with Gasteiger partial charge in [0.25, 0.3) is 5.91 Å². The first kappa shape index (κ1) is 20.0. The molecule has 1 aromatic rings. The lowest BCUT2D eigenvalue weighted by atomic mass is 9.90. The predicted molar refractivity (Wildman–Crippen MR) is 94.1 cm³/mol. The predicted octanol–water partition coefficient (Wildman–Crippen LogP) is 2.22. The maximum atomic E-state index is 13.0. The van der Waals surface area contributed by atoms with Crippen LogP contribution in [0, 0.1) is 5.41 Å². The first-order valence-corrected chi connectivity index (χ1v) is 9.10. The summed E-state index contributed by atoms with van der Waals surface area (Å²) in [6.45, 7) is -0.751. The number of rotatable bonds is 5. The summed E-state index contributed by atoms with van der Waals surface area (Å²) in [6, 6.07) is 4.96. The van der Waals surface area contributed by atoms with Gasteiger partial charge < -0.3 is 19.6 Å². The van der Waals surface area contributed by atoms with Crippen molar-refractivity contribution < 1.29 is 33.0 Å². The zero-order chi connectivity index (χ0) is 20.5. The lowest BCUT2D eigenvalue weighted by Crippen LogP contribution is -2.48. The highest BCUT2D eigenvalue weighted by Crippen LogP contribution is 2.33. The fourth-order valence-electron chi connectivity index (χ4n) is 3.80. The van der Waals surface area contributed by atoms with Crippen LogP contribution in [-0.4, -0.2) is 65.0 Å². The Hall–Kier alpha value is -2.71. The largest absolute Gasteiger partial charge is 0.481 e. The van der Waals surface area contributed by atoms with Gasteiger partial charge in [0, 0.05) is 19.6 Å². The van der Waals surface area contributed by atoms with Crippen LogP contribution in [0.2, 0.25) is 0 Å². The summed E-state index contributed by atoms with van der Waals surface area (Å²) >= 11 is 0. The zero-order valence-electron chi connectivity index (χ0n) is 15.4. The SMILES string of the molecule is CC1(C(=O)O)CCN(C(=O)C2CCCN2C(=O)c2ccccc2OC(F)F)C1. The Kier molecular flexibility index (Phi) is 5.53. The molecular formula is C19H22F2N2O5. The first-order valence-electron chi connectivity index (χ1n) is 9.10. The van der Waals surface area contributed by atoms with Crippen LogP contribution in [0.25, 0.3) is 0 Å². The van der Waals surface area contributed by atoms with E-state index in [1.54, 1.807) is 6.92 Å². The van der Waals surface area contributed by atoms with Crippen LogP contribution < -0.4 is 4.74 Å². The molecule has 0 spiro atoms. The summed E-state index contributed by atoms with van der Waals surface area (Å²) in [7, 11) is 0. The van der Waals surface area contributed by atoms with Crippen LogP contribution in [-0.2, 0) is 9.59 Å². The maximum Gasteiger partial charge on any atom is 0.387 e. The fourth-order valence-corrected chi connectivity index (χ4v) is 3.80. The quantitative estimate of drug-likeness (QED) is 0.825. The van der Waals surface area contributed by atoms with Gasteiger partial charge in [0.15, 0.2) is 0 Å². The van der Waals surface area contributed by atoms with E-state index >= 15 is 0 Å². The van der Waals surface area contributed by atoms with Gasteiger partial charge in [0.2, 0.25) is 5.91 Å². The molecule has 2 saturated heterocycles. The molecule has 0 aliphatic carbocycles. The number of aliphatic carboxylic acids is 1. The molecule has 1 N–H and O–H groups in total. The third kappa shape index (κ3) is 3.79. The number of hydrogen-bond donors (Lipinski definition) is 1. The molecule has 152 valence electrons. The standard InChI is InChI=1S/C19H22F2N2O5/c1-19(17(26)27)8-10-22(11-19)16(25)13-6-4-9-23(13)15(24)12-5-2-3-7-14(12)28-18(20)21/h2-3,5,7,13,18H,4,6,8-11H2,1H3,(H,26,27). The Morgan fingerprint density at radius 1 is 1.25 bits per heavy atom. The summed E-state index contributed by atoms with van der Waals surface area (Å²) in [5.74, 6) is -2.05. The number of carboxylic acid groups (broad SMARTS) is 1. The van der Waals surface area contributed by atoms with Crippen molar-refractivity contribution in [1.29, 1.82) is 0 Å². The van der Waals surface area contributed by atoms with Crippen LogP contribution in [0.5, 0.6) is 5.75 Å². The fraction of sp³-hybridized carbons (Fsp3) is 0.526. The van der Waals surface area contributed by atoms with Crippen LogP contribution >= 0.6 is 0 Å². The summed E-state index contributed by atoms with van der Waals surface area (Å²) in [5.41, 5.74) is -1.03. The number of alkyl halides is 2. The average molecular weight is 396 g/mol. The Bertz CT molecular complexity index is 787. The van der Waals surface area contributed by atoms with Gasteiger partial charge in [0.05, 0.1) is 11.0 Å². The summed E-state index contributed by atoms with van der Waals surface area (Å²) in [5, 5.41) is 9.35. The topological polar surface area (TPSA) is 87.2 Å². The Morgan fingerprint density at radius 3 is 2.61 bits per heavy atom. The lowest BCUT2D eigenvalue weighted by Gasteiger charge is -2.29. The van der Waals surface area contributed by atoms with Gasteiger partial charge in [0.1, 0.15) is 11.8 Å². The Morgan fingerprint density at radius 2 is 1.96 bits per heavy atom. The van der Waals surface area contributed by atoms with E-state index in [0.29, 0.717) is 32.4 Å². The number of ether oxygens (including phenoxy) is 1. The number of carboxylic acids is 1. The molecule has 0 saturated carbocycles. The van der Waals surface area contributed by atoms with Crippen LogP contribution in [0.1, 0.15) is 36.5 Å². The number of carbonyl (C=O) groups is 3. The number of halogens is 2. The second kappa shape index (κ2) is 7.73. The molecule has 0 aromatic heterocycles. The van der Waals surface area contributed by atoms with Crippen molar-refractivity contribution in [2.24, 2.45) is 5.41 Å². The molecule has 2 fully saturated rings. The number of nitrogens with zero attached hydrogens (tertiary/aromatic N) is 2. The van der Waals surface area contributed by atoms with Crippen molar-refractivity contribution in [3.05, 3.63) is 29.8 Å². The maximum absolute atomic E-state index is 13.0. The lowest BCUT2D eigenvalue weighted by molar-refractivity contribution is -0.147. The van der Waals surface area contributed by atoms with E-state index in [1.165, 1.54) is 34.1 Å². The Balaban J connectivity index is 1.77. The average Bonchev–Trinajstić information content (AvgIpc) is 3.28. The number of carbonyl (C=O) groups excluding carboxylic acids is 2. The number of hydrogen-bond acceptors (Lipinski definition) is 4. The molecule has 0 radical (unpaired) electrons. The normalized spacial score (nSPS) is 24.6. The highest BCUT2D eigenvalue weighted by atomic mass is 19.3. The molecule has 2 aliphatic rings. The number of amides is 2. The first-order chi connectivity index (χ1) is 13.2. The van der Waals surface area contributed by atoms with Gasteiger partial charge in [-0.1, -0.05) is 12.1 Å². The molecule has 2 amide bonds. The second-order valence-corrected chi connectivity index (χ2v) is 7.41. The zero-order valence-corrected chi connectivity index (χ0v) is 15.4. The molecule has 0 bridgehead atoms. The van der Waals surface area contributed by atoms with Gasteiger partial charge in [-0.15, -0.1) is 0 Å². The van der Waals surface area contributed by atoms with Gasteiger partial charge >= 0.3 is 12.6 Å². The van der Waals surface area contributed by atoms with Crippen molar-refractivity contribution in [3.8, 4) is 5.75 Å². The number of benzene rings is 1. The highest BCUT2D eigenvalue weighted by molar-refractivity contribution is 6.00. The minimum atomic E-state index is -3.07.